The van der Waals surface area contributed by atoms with Gasteiger partial charge in [-0.1, -0.05) is 30.0 Å². The molecule has 1 N–H and O–H groups in total. The minimum atomic E-state index is -0.0988. The summed E-state index contributed by atoms with van der Waals surface area (Å²) in [7, 11) is 0. The van der Waals surface area contributed by atoms with Gasteiger partial charge >= 0.3 is 0 Å². The average molecular weight is 275 g/mol. The van der Waals surface area contributed by atoms with Crippen LogP contribution in [0.5, 0.6) is 0 Å². The molecule has 0 unspecified atom stereocenters. The van der Waals surface area contributed by atoms with E-state index < -0.39 is 0 Å². The monoisotopic (exact) mass is 275 g/mol. The molecule has 1 aromatic heterocycles. The molecule has 0 saturated carbocycles. The molecule has 1 atom stereocenters. The number of nitrogens with one attached hydrogen (secondary N) is 1. The first-order valence-electron chi connectivity index (χ1n) is 6.35. The molecule has 1 aliphatic rings. The number of hydrogen-bond donors (Lipinski definition) is 1. The number of thioether (sulfide) groups is 1. The molecule has 2 rings (SSSR count). The van der Waals surface area contributed by atoms with Crippen molar-refractivity contribution in [1.82, 2.24) is 10.4 Å². The van der Waals surface area contributed by atoms with Gasteiger partial charge in [-0.15, -0.1) is 0 Å². The number of carbonyl (C=O) groups excluding carboxylic acids is 1. The highest BCUT2D eigenvalue weighted by molar-refractivity contribution is 7.99. The highest BCUT2D eigenvalue weighted by Gasteiger charge is 2.07. The zero-order valence-electron chi connectivity index (χ0n) is 10.7. The van der Waals surface area contributed by atoms with Crippen LogP contribution < -0.4 is 5.43 Å². The second-order valence-electron chi connectivity index (χ2n) is 4.31. The van der Waals surface area contributed by atoms with E-state index in [1.165, 1.54) is 11.8 Å². The third-order valence-corrected chi connectivity index (χ3v) is 3.72. The molecule has 0 radical (unpaired) electrons. The van der Waals surface area contributed by atoms with Gasteiger partial charge < -0.3 is 0 Å². The fraction of sp³-hybridized carbons (Fsp3) is 0.357. The van der Waals surface area contributed by atoms with E-state index >= 15 is 0 Å². The summed E-state index contributed by atoms with van der Waals surface area (Å²) in [6.45, 7) is 0. The van der Waals surface area contributed by atoms with Crippen molar-refractivity contribution in [2.75, 3.05) is 5.75 Å². The number of rotatable bonds is 5. The zero-order chi connectivity index (χ0) is 13.3. The van der Waals surface area contributed by atoms with Gasteiger partial charge in [0.15, 0.2) is 0 Å². The number of carbonyl (C=O) groups is 1. The van der Waals surface area contributed by atoms with Crippen LogP contribution in [0.25, 0.3) is 0 Å². The van der Waals surface area contributed by atoms with Crippen molar-refractivity contribution in [3.63, 3.8) is 0 Å². The van der Waals surface area contributed by atoms with Gasteiger partial charge in [0.1, 0.15) is 0 Å². The van der Waals surface area contributed by atoms with Crippen LogP contribution in [0.4, 0.5) is 0 Å². The Bertz CT molecular complexity index is 459. The number of nitrogens with zero attached hydrogens (tertiary/aromatic N) is 2. The summed E-state index contributed by atoms with van der Waals surface area (Å²) in [4.78, 5) is 15.7. The van der Waals surface area contributed by atoms with Gasteiger partial charge in [0.05, 0.1) is 10.8 Å². The molecule has 0 bridgehead atoms. The number of hydrogen-bond acceptors (Lipinski definition) is 4. The maximum absolute atomic E-state index is 11.6. The van der Waals surface area contributed by atoms with Crippen molar-refractivity contribution in [2.45, 2.75) is 24.3 Å². The minimum Gasteiger partial charge on any atom is -0.272 e. The predicted molar refractivity (Wildman–Crippen MR) is 78.1 cm³/mol. The van der Waals surface area contributed by atoms with Gasteiger partial charge in [-0.3, -0.25) is 4.79 Å². The van der Waals surface area contributed by atoms with Crippen molar-refractivity contribution in [3.05, 3.63) is 36.5 Å². The normalized spacial score (nSPS) is 18.6. The Morgan fingerprint density at radius 2 is 2.47 bits per heavy atom. The lowest BCUT2D eigenvalue weighted by atomic mass is 9.96. The van der Waals surface area contributed by atoms with Crippen LogP contribution in [-0.4, -0.2) is 22.9 Å². The molecule has 1 aromatic rings. The summed E-state index contributed by atoms with van der Waals surface area (Å²) >= 11 is 1.41. The molecule has 1 heterocycles. The molecule has 0 spiro atoms. The van der Waals surface area contributed by atoms with E-state index in [1.54, 1.807) is 6.20 Å². The van der Waals surface area contributed by atoms with Crippen molar-refractivity contribution < 1.29 is 4.79 Å². The number of allylic oxidation sites excluding steroid dienone is 2. The summed E-state index contributed by atoms with van der Waals surface area (Å²) in [5.41, 5.74) is 2.56. The van der Waals surface area contributed by atoms with Crippen molar-refractivity contribution in [3.8, 4) is 0 Å². The Kier molecular flexibility index (Phi) is 5.62. The lowest BCUT2D eigenvalue weighted by Crippen LogP contribution is -2.20. The molecule has 4 nitrogen and oxygen atoms in total. The second-order valence-corrected chi connectivity index (χ2v) is 5.31. The van der Waals surface area contributed by atoms with Gasteiger partial charge in [0, 0.05) is 12.4 Å². The molecule has 19 heavy (non-hydrogen) atoms. The van der Waals surface area contributed by atoms with Crippen LogP contribution in [0.2, 0.25) is 0 Å². The third kappa shape index (κ3) is 5.26. The molecule has 100 valence electrons. The lowest BCUT2D eigenvalue weighted by molar-refractivity contribution is -0.118. The summed E-state index contributed by atoms with van der Waals surface area (Å²) in [5, 5.41) is 4.86. The SMILES string of the molecule is O=C(CSc1ccccn1)NN=C[C@@H]1CC=CCC1. The highest BCUT2D eigenvalue weighted by atomic mass is 32.2. The molecular formula is C14H17N3OS. The lowest BCUT2D eigenvalue weighted by Gasteiger charge is -2.11. The predicted octanol–water partition coefficient (Wildman–Crippen LogP) is 2.63. The van der Waals surface area contributed by atoms with Crippen LogP contribution in [0.1, 0.15) is 19.3 Å². The Hall–Kier alpha value is -1.62. The number of pyridine rings is 1. The van der Waals surface area contributed by atoms with E-state index in [0.717, 1.165) is 24.3 Å². The van der Waals surface area contributed by atoms with Gasteiger partial charge in [-0.25, -0.2) is 10.4 Å². The molecule has 0 fully saturated rings. The molecular weight excluding hydrogens is 258 g/mol. The van der Waals surface area contributed by atoms with Crippen LogP contribution in [0.3, 0.4) is 0 Å². The van der Waals surface area contributed by atoms with Crippen molar-refractivity contribution in [2.24, 2.45) is 11.0 Å². The van der Waals surface area contributed by atoms with E-state index in [1.807, 2.05) is 24.4 Å². The summed E-state index contributed by atoms with van der Waals surface area (Å²) < 4.78 is 0. The largest absolute Gasteiger partial charge is 0.272 e. The average Bonchev–Trinajstić information content (AvgIpc) is 2.47. The smallest absolute Gasteiger partial charge is 0.250 e. The molecule has 1 amide bonds. The standard InChI is InChI=1S/C14H17N3OS/c18-13(11-19-14-8-4-5-9-15-14)17-16-10-12-6-2-1-3-7-12/h1-2,4-5,8-10,12H,3,6-7,11H2,(H,17,18)/t12-/m1/s1. The Labute approximate surface area is 117 Å². The van der Waals surface area contributed by atoms with Crippen LogP contribution in [0.15, 0.2) is 46.7 Å². The quantitative estimate of drug-likeness (QED) is 0.389. The van der Waals surface area contributed by atoms with Crippen molar-refractivity contribution in [1.29, 1.82) is 0 Å². The molecule has 0 aromatic carbocycles. The first kappa shape index (κ1) is 13.8. The Morgan fingerprint density at radius 1 is 1.53 bits per heavy atom. The van der Waals surface area contributed by atoms with Crippen LogP contribution >= 0.6 is 11.8 Å². The molecule has 0 aliphatic heterocycles. The third-order valence-electron chi connectivity index (χ3n) is 2.77. The van der Waals surface area contributed by atoms with Gasteiger partial charge in [-0.05, 0) is 37.3 Å². The van der Waals surface area contributed by atoms with E-state index in [9.17, 15) is 4.79 Å². The zero-order valence-corrected chi connectivity index (χ0v) is 11.5. The first-order chi connectivity index (χ1) is 9.34. The van der Waals surface area contributed by atoms with Crippen molar-refractivity contribution >= 4 is 23.9 Å². The van der Waals surface area contributed by atoms with Gasteiger partial charge in [0.2, 0.25) is 5.91 Å². The molecule has 0 saturated heterocycles. The highest BCUT2D eigenvalue weighted by Crippen LogP contribution is 2.15. The van der Waals surface area contributed by atoms with Crippen LogP contribution in [0, 0.1) is 5.92 Å². The van der Waals surface area contributed by atoms with Gasteiger partial charge in [-0.2, -0.15) is 5.10 Å². The Morgan fingerprint density at radius 3 is 3.21 bits per heavy atom. The maximum Gasteiger partial charge on any atom is 0.250 e. The number of amides is 1. The Balaban J connectivity index is 1.67. The second kappa shape index (κ2) is 7.74. The molecule has 5 heteroatoms. The maximum atomic E-state index is 11.6. The molecule has 1 aliphatic carbocycles. The van der Waals surface area contributed by atoms with E-state index in [2.05, 4.69) is 27.7 Å². The van der Waals surface area contributed by atoms with Crippen LogP contribution in [-0.2, 0) is 4.79 Å². The van der Waals surface area contributed by atoms with E-state index in [-0.39, 0.29) is 5.91 Å². The first-order valence-corrected chi connectivity index (χ1v) is 7.34. The van der Waals surface area contributed by atoms with E-state index in [4.69, 9.17) is 0 Å². The number of hydrazone groups is 1. The topological polar surface area (TPSA) is 54.4 Å². The fourth-order valence-corrected chi connectivity index (χ4v) is 2.43. The van der Waals surface area contributed by atoms with Gasteiger partial charge in [0.25, 0.3) is 0 Å². The minimum absolute atomic E-state index is 0.0988. The fourth-order valence-electron chi connectivity index (χ4n) is 1.77. The summed E-state index contributed by atoms with van der Waals surface area (Å²) in [5.74, 6) is 0.686. The summed E-state index contributed by atoms with van der Waals surface area (Å²) in [6, 6.07) is 5.64. The number of aromatic nitrogens is 1. The van der Waals surface area contributed by atoms with E-state index in [0.29, 0.717) is 11.7 Å². The summed E-state index contributed by atoms with van der Waals surface area (Å²) in [6.07, 6.45) is 11.1.